The van der Waals surface area contributed by atoms with Gasteiger partial charge in [-0.15, -0.1) is 0 Å². The van der Waals surface area contributed by atoms with E-state index >= 15 is 0 Å². The van der Waals surface area contributed by atoms with Gasteiger partial charge in [0.1, 0.15) is 6.54 Å². The second kappa shape index (κ2) is 9.98. The van der Waals surface area contributed by atoms with E-state index < -0.39 is 15.9 Å². The Hall–Kier alpha value is -2.83. The third-order valence-corrected chi connectivity index (χ3v) is 8.04. The summed E-state index contributed by atoms with van der Waals surface area (Å²) in [4.78, 5) is 13.2. The Morgan fingerprint density at radius 1 is 0.939 bits per heavy atom. The Balaban J connectivity index is 1.95. The van der Waals surface area contributed by atoms with E-state index in [1.807, 2.05) is 20.8 Å². The number of carbonyl (C=O) groups excluding carboxylic acids is 1. The Bertz CT molecular complexity index is 1270. The summed E-state index contributed by atoms with van der Waals surface area (Å²) in [6, 6.07) is 17.0. The van der Waals surface area contributed by atoms with Crippen LogP contribution in [-0.2, 0) is 14.8 Å². The number of aryl methyl sites for hydroxylation is 3. The van der Waals surface area contributed by atoms with Crippen molar-refractivity contribution in [3.63, 3.8) is 0 Å². The number of anilines is 1. The van der Waals surface area contributed by atoms with Gasteiger partial charge in [0.2, 0.25) is 5.91 Å². The minimum atomic E-state index is -4.00. The lowest BCUT2D eigenvalue weighted by Gasteiger charge is -2.27. The highest BCUT2D eigenvalue weighted by Crippen LogP contribution is 2.31. The summed E-state index contributed by atoms with van der Waals surface area (Å²) in [5, 5.41) is 3.39. The number of nitrogens with one attached hydrogen (secondary N) is 1. The minimum Gasteiger partial charge on any atom is -0.348 e. The summed E-state index contributed by atoms with van der Waals surface area (Å²) in [5.41, 5.74) is 5.36. The van der Waals surface area contributed by atoms with Gasteiger partial charge in [0.05, 0.1) is 16.6 Å². The molecule has 0 saturated heterocycles. The van der Waals surface area contributed by atoms with Crippen LogP contribution in [0.1, 0.15) is 40.8 Å². The predicted molar refractivity (Wildman–Crippen MR) is 134 cm³/mol. The highest BCUT2D eigenvalue weighted by molar-refractivity contribution is 7.92. The molecule has 0 aliphatic rings. The van der Waals surface area contributed by atoms with Crippen molar-refractivity contribution in [3.05, 3.63) is 93.5 Å². The third-order valence-electron chi connectivity index (χ3n) is 5.85. The zero-order valence-corrected chi connectivity index (χ0v) is 21.1. The molecular weight excluding hydrogens is 456 g/mol. The maximum Gasteiger partial charge on any atom is 0.264 e. The maximum atomic E-state index is 13.5. The fraction of sp³-hybridized carbons (Fsp3) is 0.269. The molecular formula is C26H29ClN2O3S. The average molecular weight is 485 g/mol. The van der Waals surface area contributed by atoms with Crippen molar-refractivity contribution in [2.24, 2.45) is 0 Å². The molecule has 3 aromatic rings. The number of hydrogen-bond acceptors (Lipinski definition) is 3. The molecule has 0 saturated carbocycles. The zero-order valence-electron chi connectivity index (χ0n) is 19.5. The quantitative estimate of drug-likeness (QED) is 0.471. The summed E-state index contributed by atoms with van der Waals surface area (Å²) in [5.74, 6) is -0.404. The summed E-state index contributed by atoms with van der Waals surface area (Å²) < 4.78 is 28.2. The molecule has 0 unspecified atom stereocenters. The fourth-order valence-corrected chi connectivity index (χ4v) is 5.50. The standard InChI is InChI=1S/C26H29ClN2O3S/c1-17-14-19(3)23(15-18(17)2)21(5)28-26(30)16-29(25-13-9-12-24(27)20(25)4)33(31,32)22-10-7-6-8-11-22/h6-15,21H,16H2,1-5H3,(H,28,30)/t21-/m1/s1. The summed E-state index contributed by atoms with van der Waals surface area (Å²) in [7, 11) is -4.00. The number of sulfonamides is 1. The molecule has 5 nitrogen and oxygen atoms in total. The number of carbonyl (C=O) groups is 1. The van der Waals surface area contributed by atoms with Crippen LogP contribution in [0.3, 0.4) is 0 Å². The van der Waals surface area contributed by atoms with Gasteiger partial charge in [0, 0.05) is 5.02 Å². The Morgan fingerprint density at radius 3 is 2.24 bits per heavy atom. The lowest BCUT2D eigenvalue weighted by atomic mass is 9.96. The van der Waals surface area contributed by atoms with Crippen LogP contribution >= 0.6 is 11.6 Å². The van der Waals surface area contributed by atoms with Crippen molar-refractivity contribution in [1.29, 1.82) is 0 Å². The van der Waals surface area contributed by atoms with E-state index in [0.717, 1.165) is 21.0 Å². The van der Waals surface area contributed by atoms with E-state index in [1.54, 1.807) is 43.3 Å². The smallest absolute Gasteiger partial charge is 0.264 e. The van der Waals surface area contributed by atoms with Crippen LogP contribution in [0.2, 0.25) is 5.02 Å². The van der Waals surface area contributed by atoms with E-state index in [1.165, 1.54) is 17.7 Å². The Kier molecular flexibility index (Phi) is 7.50. The molecule has 1 atom stereocenters. The first kappa shape index (κ1) is 24.8. The molecule has 0 fully saturated rings. The van der Waals surface area contributed by atoms with Crippen LogP contribution in [0.15, 0.2) is 65.6 Å². The second-order valence-electron chi connectivity index (χ2n) is 8.29. The fourth-order valence-electron chi connectivity index (χ4n) is 3.83. The van der Waals surface area contributed by atoms with Gasteiger partial charge in [0.25, 0.3) is 10.0 Å². The van der Waals surface area contributed by atoms with Crippen LogP contribution in [0, 0.1) is 27.7 Å². The van der Waals surface area contributed by atoms with Crippen molar-refractivity contribution in [2.75, 3.05) is 10.8 Å². The van der Waals surface area contributed by atoms with Gasteiger partial charge >= 0.3 is 0 Å². The number of benzene rings is 3. The van der Waals surface area contributed by atoms with Crippen LogP contribution in [0.4, 0.5) is 5.69 Å². The van der Waals surface area contributed by atoms with E-state index in [2.05, 4.69) is 24.4 Å². The van der Waals surface area contributed by atoms with Crippen LogP contribution in [0.25, 0.3) is 0 Å². The van der Waals surface area contributed by atoms with Crippen LogP contribution in [-0.4, -0.2) is 20.9 Å². The van der Waals surface area contributed by atoms with Gasteiger partial charge in [-0.2, -0.15) is 0 Å². The molecule has 7 heteroatoms. The van der Waals surface area contributed by atoms with Gasteiger partial charge in [-0.1, -0.05) is 48.0 Å². The monoisotopic (exact) mass is 484 g/mol. The normalized spacial score (nSPS) is 12.3. The molecule has 0 aliphatic carbocycles. The minimum absolute atomic E-state index is 0.107. The molecule has 0 bridgehead atoms. The highest BCUT2D eigenvalue weighted by atomic mass is 35.5. The van der Waals surface area contributed by atoms with Crippen molar-refractivity contribution in [3.8, 4) is 0 Å². The lowest BCUT2D eigenvalue weighted by molar-refractivity contribution is -0.120. The van der Waals surface area contributed by atoms with Gasteiger partial charge < -0.3 is 5.32 Å². The molecule has 1 amide bonds. The maximum absolute atomic E-state index is 13.5. The van der Waals surface area contributed by atoms with Gasteiger partial charge in [0.15, 0.2) is 0 Å². The van der Waals surface area contributed by atoms with Crippen molar-refractivity contribution < 1.29 is 13.2 Å². The molecule has 0 aromatic heterocycles. The molecule has 3 aromatic carbocycles. The Labute approximate surface area is 201 Å². The molecule has 1 N–H and O–H groups in total. The summed E-state index contributed by atoms with van der Waals surface area (Å²) in [6.45, 7) is 9.36. The number of rotatable bonds is 7. The molecule has 0 heterocycles. The number of amides is 1. The topological polar surface area (TPSA) is 66.5 Å². The Morgan fingerprint density at radius 2 is 1.58 bits per heavy atom. The number of nitrogens with zero attached hydrogens (tertiary/aromatic N) is 1. The first-order chi connectivity index (χ1) is 15.5. The number of hydrogen-bond donors (Lipinski definition) is 1. The van der Waals surface area contributed by atoms with E-state index in [4.69, 9.17) is 11.6 Å². The molecule has 0 radical (unpaired) electrons. The van der Waals surface area contributed by atoms with Crippen molar-refractivity contribution in [1.82, 2.24) is 5.32 Å². The molecule has 0 spiro atoms. The SMILES string of the molecule is Cc1cc(C)c([C@@H](C)NC(=O)CN(c2cccc(Cl)c2C)S(=O)(=O)c2ccccc2)cc1C. The number of halogens is 1. The van der Waals surface area contributed by atoms with Crippen molar-refractivity contribution in [2.45, 2.75) is 45.6 Å². The molecule has 3 rings (SSSR count). The summed E-state index contributed by atoms with van der Waals surface area (Å²) >= 11 is 6.28. The van der Waals surface area contributed by atoms with E-state index in [9.17, 15) is 13.2 Å². The lowest BCUT2D eigenvalue weighted by Crippen LogP contribution is -2.42. The first-order valence-corrected chi connectivity index (χ1v) is 12.5. The predicted octanol–water partition coefficient (Wildman–Crippen LogP) is 5.65. The zero-order chi connectivity index (χ0) is 24.3. The third kappa shape index (κ3) is 5.40. The molecule has 33 heavy (non-hydrogen) atoms. The molecule has 174 valence electrons. The van der Waals surface area contributed by atoms with Gasteiger partial charge in [-0.3, -0.25) is 9.10 Å². The summed E-state index contributed by atoms with van der Waals surface area (Å²) in [6.07, 6.45) is 0. The highest BCUT2D eigenvalue weighted by Gasteiger charge is 2.29. The van der Waals surface area contributed by atoms with Crippen LogP contribution in [0.5, 0.6) is 0 Å². The largest absolute Gasteiger partial charge is 0.348 e. The van der Waals surface area contributed by atoms with Gasteiger partial charge in [-0.05, 0) is 86.7 Å². The van der Waals surface area contributed by atoms with Gasteiger partial charge in [-0.25, -0.2) is 8.42 Å². The second-order valence-corrected chi connectivity index (χ2v) is 10.6. The molecule has 0 aliphatic heterocycles. The van der Waals surface area contributed by atoms with E-state index in [-0.39, 0.29) is 17.5 Å². The first-order valence-electron chi connectivity index (χ1n) is 10.7. The van der Waals surface area contributed by atoms with Crippen molar-refractivity contribution >= 4 is 33.2 Å². The average Bonchev–Trinajstić information content (AvgIpc) is 2.77. The van der Waals surface area contributed by atoms with Crippen LogP contribution < -0.4 is 9.62 Å². The van der Waals surface area contributed by atoms with E-state index in [0.29, 0.717) is 16.3 Å².